The smallest absolute Gasteiger partial charge is 0.387 e. The number of amides is 1. The summed E-state index contributed by atoms with van der Waals surface area (Å²) in [6, 6.07) is 7.60. The average Bonchev–Trinajstić information content (AvgIpc) is 2.49. The molecule has 1 N–H and O–H groups in total. The van der Waals surface area contributed by atoms with Crippen molar-refractivity contribution in [3.63, 3.8) is 0 Å². The van der Waals surface area contributed by atoms with E-state index in [1.165, 1.54) is 24.3 Å². The Morgan fingerprint density at radius 2 is 1.95 bits per heavy atom. The first-order chi connectivity index (χ1) is 10.1. The van der Waals surface area contributed by atoms with Gasteiger partial charge in [-0.15, -0.1) is 0 Å². The van der Waals surface area contributed by atoms with E-state index in [9.17, 15) is 18.8 Å². The second kappa shape index (κ2) is 6.50. The van der Waals surface area contributed by atoms with E-state index in [1.54, 1.807) is 0 Å². The maximum atomic E-state index is 12.2. The van der Waals surface area contributed by atoms with Gasteiger partial charge in [-0.3, -0.25) is 4.79 Å². The third kappa shape index (κ3) is 3.67. The van der Waals surface area contributed by atoms with Gasteiger partial charge in [-0.05, 0) is 37.1 Å². The number of carbonyl (C=O) groups is 1. The summed E-state index contributed by atoms with van der Waals surface area (Å²) in [4.78, 5) is 12.2. The highest BCUT2D eigenvalue weighted by Crippen LogP contribution is 2.31. The topological polar surface area (TPSA) is 71.4 Å². The van der Waals surface area contributed by atoms with Gasteiger partial charge in [0.1, 0.15) is 11.2 Å². The van der Waals surface area contributed by atoms with Crippen molar-refractivity contribution in [2.24, 2.45) is 5.41 Å². The Bertz CT molecular complexity index is 534. The zero-order chi connectivity index (χ0) is 15.3. The maximum absolute atomic E-state index is 12.2. The summed E-state index contributed by atoms with van der Waals surface area (Å²) in [5.74, 6) is -0.403. The van der Waals surface area contributed by atoms with E-state index in [0.29, 0.717) is 31.7 Å². The molecule has 2 rings (SSSR count). The highest BCUT2D eigenvalue weighted by molar-refractivity contribution is 5.97. The zero-order valence-electron chi connectivity index (χ0n) is 11.1. The van der Waals surface area contributed by atoms with Crippen molar-refractivity contribution in [3.8, 4) is 11.8 Å². The van der Waals surface area contributed by atoms with Crippen LogP contribution in [-0.4, -0.2) is 25.7 Å². The molecule has 0 atom stereocenters. The van der Waals surface area contributed by atoms with E-state index >= 15 is 0 Å². The molecule has 1 amide bonds. The molecule has 1 fully saturated rings. The number of carbonyl (C=O) groups excluding carboxylic acids is 1. The predicted octanol–water partition coefficient (Wildman–Crippen LogP) is 2.55. The van der Waals surface area contributed by atoms with Crippen molar-refractivity contribution in [2.75, 3.05) is 18.5 Å². The molecule has 1 aromatic rings. The fourth-order valence-electron chi connectivity index (χ4n) is 2.08. The van der Waals surface area contributed by atoms with Gasteiger partial charge in [0.2, 0.25) is 5.91 Å². The fourth-order valence-corrected chi connectivity index (χ4v) is 2.08. The molecular formula is C14H14F2N2O3. The molecule has 0 aromatic heterocycles. The second-order valence-electron chi connectivity index (χ2n) is 4.66. The van der Waals surface area contributed by atoms with Crippen LogP contribution in [0, 0.1) is 16.7 Å². The van der Waals surface area contributed by atoms with Crippen LogP contribution in [0.2, 0.25) is 0 Å². The number of hydrogen-bond acceptors (Lipinski definition) is 4. The van der Waals surface area contributed by atoms with Crippen LogP contribution in [0.4, 0.5) is 14.5 Å². The maximum Gasteiger partial charge on any atom is 0.387 e. The van der Waals surface area contributed by atoms with E-state index in [-0.39, 0.29) is 5.75 Å². The van der Waals surface area contributed by atoms with E-state index in [1.807, 2.05) is 0 Å². The Hall–Kier alpha value is -2.20. The third-order valence-electron chi connectivity index (χ3n) is 3.33. The first-order valence-corrected chi connectivity index (χ1v) is 6.41. The summed E-state index contributed by atoms with van der Waals surface area (Å²) in [5.41, 5.74) is -0.682. The average molecular weight is 296 g/mol. The number of benzene rings is 1. The predicted molar refractivity (Wildman–Crippen MR) is 69.8 cm³/mol. The van der Waals surface area contributed by atoms with Crippen LogP contribution in [0.15, 0.2) is 24.3 Å². The van der Waals surface area contributed by atoms with Gasteiger partial charge in [0.05, 0.1) is 6.07 Å². The molecule has 0 spiro atoms. The van der Waals surface area contributed by atoms with Crippen molar-refractivity contribution < 1.29 is 23.0 Å². The van der Waals surface area contributed by atoms with Crippen molar-refractivity contribution in [1.29, 1.82) is 5.26 Å². The lowest BCUT2D eigenvalue weighted by atomic mass is 9.81. The van der Waals surface area contributed by atoms with Gasteiger partial charge < -0.3 is 14.8 Å². The summed E-state index contributed by atoms with van der Waals surface area (Å²) in [6.07, 6.45) is 0.670. The summed E-state index contributed by atoms with van der Waals surface area (Å²) in [5, 5.41) is 11.9. The molecule has 0 radical (unpaired) electrons. The molecule has 0 unspecified atom stereocenters. The van der Waals surface area contributed by atoms with Gasteiger partial charge >= 0.3 is 6.61 Å². The number of alkyl halides is 2. The molecule has 0 aliphatic carbocycles. The normalized spacial score (nSPS) is 17.0. The number of nitriles is 1. The van der Waals surface area contributed by atoms with Crippen molar-refractivity contribution in [1.82, 2.24) is 0 Å². The molecule has 7 heteroatoms. The van der Waals surface area contributed by atoms with Gasteiger partial charge in [0, 0.05) is 18.9 Å². The Balaban J connectivity index is 2.03. The molecule has 1 saturated heterocycles. The SMILES string of the molecule is N#CC1(C(=O)Nc2ccc(OC(F)F)cc2)CCOCC1. The molecule has 0 saturated carbocycles. The summed E-state index contributed by atoms with van der Waals surface area (Å²) >= 11 is 0. The van der Waals surface area contributed by atoms with Crippen molar-refractivity contribution >= 4 is 11.6 Å². The van der Waals surface area contributed by atoms with E-state index in [0.717, 1.165) is 0 Å². The van der Waals surface area contributed by atoms with Crippen LogP contribution >= 0.6 is 0 Å². The minimum absolute atomic E-state index is 0.00376. The quantitative estimate of drug-likeness (QED) is 0.927. The lowest BCUT2D eigenvalue weighted by Gasteiger charge is -2.29. The second-order valence-corrected chi connectivity index (χ2v) is 4.66. The van der Waals surface area contributed by atoms with Crippen molar-refractivity contribution in [3.05, 3.63) is 24.3 Å². The molecule has 0 bridgehead atoms. The van der Waals surface area contributed by atoms with Crippen LogP contribution < -0.4 is 10.1 Å². The molecule has 1 heterocycles. The van der Waals surface area contributed by atoms with Gasteiger partial charge in [-0.25, -0.2) is 0 Å². The number of ether oxygens (including phenoxy) is 2. The van der Waals surface area contributed by atoms with Gasteiger partial charge in [-0.1, -0.05) is 0 Å². The van der Waals surface area contributed by atoms with Crippen LogP contribution in [0.5, 0.6) is 5.75 Å². The van der Waals surface area contributed by atoms with Crippen LogP contribution in [-0.2, 0) is 9.53 Å². The highest BCUT2D eigenvalue weighted by atomic mass is 19.3. The molecule has 1 aromatic carbocycles. The molecule has 5 nitrogen and oxygen atoms in total. The van der Waals surface area contributed by atoms with E-state index in [2.05, 4.69) is 16.1 Å². The minimum Gasteiger partial charge on any atom is -0.435 e. The van der Waals surface area contributed by atoms with Gasteiger partial charge in [0.15, 0.2) is 0 Å². The standard InChI is InChI=1S/C14H14F2N2O3/c15-13(16)21-11-3-1-10(2-4-11)18-12(19)14(9-17)5-7-20-8-6-14/h1-4,13H,5-8H2,(H,18,19). The van der Waals surface area contributed by atoms with Gasteiger partial charge in [0.25, 0.3) is 0 Å². The van der Waals surface area contributed by atoms with Crippen molar-refractivity contribution in [2.45, 2.75) is 19.5 Å². The molecule has 21 heavy (non-hydrogen) atoms. The minimum atomic E-state index is -2.89. The molecule has 1 aliphatic rings. The Morgan fingerprint density at radius 3 is 2.48 bits per heavy atom. The first kappa shape index (κ1) is 15.2. The monoisotopic (exact) mass is 296 g/mol. The number of nitrogens with zero attached hydrogens (tertiary/aromatic N) is 1. The van der Waals surface area contributed by atoms with Crippen LogP contribution in [0.25, 0.3) is 0 Å². The number of hydrogen-bond donors (Lipinski definition) is 1. The molecule has 1 aliphatic heterocycles. The lowest BCUT2D eigenvalue weighted by molar-refractivity contribution is -0.126. The highest BCUT2D eigenvalue weighted by Gasteiger charge is 2.40. The Kier molecular flexibility index (Phi) is 4.70. The van der Waals surface area contributed by atoms with E-state index in [4.69, 9.17) is 4.74 Å². The first-order valence-electron chi connectivity index (χ1n) is 6.41. The molecule has 112 valence electrons. The summed E-state index contributed by atoms with van der Waals surface area (Å²) < 4.78 is 33.4. The van der Waals surface area contributed by atoms with E-state index < -0.39 is 17.9 Å². The van der Waals surface area contributed by atoms with Crippen LogP contribution in [0.3, 0.4) is 0 Å². The number of anilines is 1. The largest absolute Gasteiger partial charge is 0.435 e. The number of nitrogens with one attached hydrogen (secondary N) is 1. The Labute approximate surface area is 120 Å². The molecular weight excluding hydrogens is 282 g/mol. The lowest BCUT2D eigenvalue weighted by Crippen LogP contribution is -2.39. The fraction of sp³-hybridized carbons (Fsp3) is 0.429. The third-order valence-corrected chi connectivity index (χ3v) is 3.33. The van der Waals surface area contributed by atoms with Gasteiger partial charge in [-0.2, -0.15) is 14.0 Å². The number of halogens is 2. The summed E-state index contributed by atoms with van der Waals surface area (Å²) in [7, 11) is 0. The van der Waals surface area contributed by atoms with Crippen LogP contribution in [0.1, 0.15) is 12.8 Å². The summed E-state index contributed by atoms with van der Waals surface area (Å²) in [6.45, 7) is -2.17. The Morgan fingerprint density at radius 1 is 1.33 bits per heavy atom. The number of rotatable bonds is 4. The zero-order valence-corrected chi connectivity index (χ0v) is 11.1.